The smallest absolute Gasteiger partial charge is 0.335 e. The summed E-state index contributed by atoms with van der Waals surface area (Å²) in [7, 11) is 0. The number of carbonyl (C=O) groups is 3. The van der Waals surface area contributed by atoms with Crippen molar-refractivity contribution in [3.8, 4) is 0 Å². The van der Waals surface area contributed by atoms with Gasteiger partial charge in [-0.25, -0.2) is 14.3 Å². The van der Waals surface area contributed by atoms with Crippen LogP contribution >= 0.6 is 0 Å². The average Bonchev–Trinajstić information content (AvgIpc) is 3.89. The van der Waals surface area contributed by atoms with Crippen molar-refractivity contribution in [3.05, 3.63) is 59.5 Å². The van der Waals surface area contributed by atoms with Crippen LogP contribution in [0.2, 0.25) is 0 Å². The lowest BCUT2D eigenvalue weighted by Gasteiger charge is -2.50. The minimum Gasteiger partial charge on any atom is -0.479 e. The first kappa shape index (κ1) is 29.4. The van der Waals surface area contributed by atoms with E-state index in [4.69, 9.17) is 4.74 Å². The molecule has 0 radical (unpaired) electrons. The number of carboxylic acid groups (broad SMARTS) is 1. The Balaban J connectivity index is 0.938. The molecule has 9 rings (SSSR count). The maximum atomic E-state index is 13.8. The van der Waals surface area contributed by atoms with E-state index >= 15 is 0 Å². The van der Waals surface area contributed by atoms with Gasteiger partial charge in [-0.2, -0.15) is 0 Å². The molecular formula is C35H42N6O5. The molecule has 2 atom stereocenters. The number of ether oxygens (including phenoxy) is 1. The van der Waals surface area contributed by atoms with Gasteiger partial charge in [0.2, 0.25) is 11.7 Å². The lowest BCUT2D eigenvalue weighted by molar-refractivity contribution is -0.211. The van der Waals surface area contributed by atoms with Crippen LogP contribution < -0.4 is 4.90 Å². The number of hydrogen-bond donors (Lipinski definition) is 1. The molecule has 0 unspecified atom stereocenters. The monoisotopic (exact) mass is 626 g/mol. The van der Waals surface area contributed by atoms with Gasteiger partial charge in [0.15, 0.2) is 11.2 Å². The number of carbonyl (C=O) groups excluding carboxylic acids is 2. The van der Waals surface area contributed by atoms with Gasteiger partial charge in [-0.3, -0.25) is 9.59 Å². The summed E-state index contributed by atoms with van der Waals surface area (Å²) >= 11 is 0. The van der Waals surface area contributed by atoms with Crippen molar-refractivity contribution in [1.29, 1.82) is 0 Å². The number of likely N-dealkylation sites (tertiary alicyclic amines) is 2. The molecule has 46 heavy (non-hydrogen) atoms. The van der Waals surface area contributed by atoms with Crippen molar-refractivity contribution in [2.24, 2.45) is 10.8 Å². The molecule has 11 heteroatoms. The molecule has 1 aromatic carbocycles. The van der Waals surface area contributed by atoms with Gasteiger partial charge < -0.3 is 24.5 Å². The van der Waals surface area contributed by atoms with Crippen molar-refractivity contribution in [2.45, 2.75) is 69.8 Å². The van der Waals surface area contributed by atoms with E-state index in [9.17, 15) is 19.5 Å². The van der Waals surface area contributed by atoms with E-state index in [1.54, 1.807) is 4.52 Å². The molecule has 7 heterocycles. The van der Waals surface area contributed by atoms with Gasteiger partial charge >= 0.3 is 5.97 Å². The lowest BCUT2D eigenvalue weighted by Crippen LogP contribution is -2.60. The summed E-state index contributed by atoms with van der Waals surface area (Å²) in [6, 6.07) is 12.8. The fourth-order valence-corrected chi connectivity index (χ4v) is 8.93. The number of hydrogen-bond acceptors (Lipinski definition) is 7. The highest BCUT2D eigenvalue weighted by molar-refractivity contribution is 5.91. The first-order chi connectivity index (χ1) is 22.0. The zero-order chi connectivity index (χ0) is 31.9. The van der Waals surface area contributed by atoms with Gasteiger partial charge in [0, 0.05) is 50.1 Å². The minimum atomic E-state index is -1.12. The summed E-state index contributed by atoms with van der Waals surface area (Å²) in [5.74, 6) is -0.789. The Labute approximate surface area is 268 Å². The number of benzene rings is 1. The number of rotatable bonds is 5. The van der Waals surface area contributed by atoms with Crippen molar-refractivity contribution in [3.63, 3.8) is 0 Å². The Bertz CT molecular complexity index is 1720. The minimum absolute atomic E-state index is 0.0757. The SMILES string of the molecule is Cc1cc(N2CC[C@](C)(c3ccccc3)C2)cn2nc(C(=O)N3CC[C@@]4(CCN(C(=O)C56CCC(C(=O)O)(CC5)OC6)C4)C3)nc12. The largest absolute Gasteiger partial charge is 0.479 e. The van der Waals surface area contributed by atoms with Gasteiger partial charge in [-0.05, 0) is 69.1 Å². The highest BCUT2D eigenvalue weighted by atomic mass is 16.5. The van der Waals surface area contributed by atoms with Gasteiger partial charge in [0.05, 0.1) is 23.9 Å². The number of aromatic nitrogens is 3. The molecule has 1 aliphatic carbocycles. The third-order valence-electron chi connectivity index (χ3n) is 12.0. The molecule has 1 saturated carbocycles. The molecule has 3 aromatic rings. The second kappa shape index (κ2) is 10.3. The summed E-state index contributed by atoms with van der Waals surface area (Å²) in [4.78, 5) is 50.2. The van der Waals surface area contributed by atoms with Crippen LogP contribution in [-0.2, 0) is 19.7 Å². The van der Waals surface area contributed by atoms with Crippen LogP contribution in [0, 0.1) is 17.8 Å². The van der Waals surface area contributed by atoms with E-state index in [0.29, 0.717) is 57.5 Å². The predicted octanol–water partition coefficient (Wildman–Crippen LogP) is 3.68. The third kappa shape index (κ3) is 4.52. The average molecular weight is 627 g/mol. The lowest BCUT2D eigenvalue weighted by atomic mass is 9.65. The second-order valence-electron chi connectivity index (χ2n) is 15.0. The van der Waals surface area contributed by atoms with E-state index in [1.165, 1.54) is 5.56 Å². The highest BCUT2D eigenvalue weighted by Gasteiger charge is 2.59. The topological polar surface area (TPSA) is 121 Å². The Kier molecular flexibility index (Phi) is 6.56. The van der Waals surface area contributed by atoms with Crippen LogP contribution in [0.5, 0.6) is 0 Å². The molecule has 11 nitrogen and oxygen atoms in total. The zero-order valence-corrected chi connectivity index (χ0v) is 26.7. The molecular weight excluding hydrogens is 584 g/mol. The molecule has 6 fully saturated rings. The van der Waals surface area contributed by atoms with Crippen molar-refractivity contribution >= 4 is 29.1 Å². The van der Waals surface area contributed by atoms with Crippen LogP contribution in [0.4, 0.5) is 5.69 Å². The third-order valence-corrected chi connectivity index (χ3v) is 12.0. The molecule has 242 valence electrons. The highest BCUT2D eigenvalue weighted by Crippen LogP contribution is 2.51. The Morgan fingerprint density at radius 3 is 2.30 bits per heavy atom. The molecule has 1 N–H and O–H groups in total. The number of nitrogens with zero attached hydrogens (tertiary/aromatic N) is 6. The van der Waals surface area contributed by atoms with Gasteiger partial charge in [-0.15, -0.1) is 5.10 Å². The summed E-state index contributed by atoms with van der Waals surface area (Å²) in [5.41, 5.74) is 2.30. The van der Waals surface area contributed by atoms with E-state index in [0.717, 1.165) is 43.6 Å². The van der Waals surface area contributed by atoms with Crippen molar-refractivity contribution < 1.29 is 24.2 Å². The molecule has 2 bridgehead atoms. The molecule has 2 amide bonds. The number of carboxylic acids is 1. The molecule has 2 aromatic heterocycles. The number of fused-ring (bicyclic) bond motifs is 4. The van der Waals surface area contributed by atoms with Crippen LogP contribution in [-0.4, -0.2) is 98.8 Å². The van der Waals surface area contributed by atoms with E-state index < -0.39 is 17.0 Å². The van der Waals surface area contributed by atoms with Crippen LogP contribution in [0.25, 0.3) is 5.65 Å². The van der Waals surface area contributed by atoms with Crippen LogP contribution in [0.3, 0.4) is 0 Å². The molecule has 6 aliphatic rings. The van der Waals surface area contributed by atoms with Crippen molar-refractivity contribution in [2.75, 3.05) is 50.8 Å². The van der Waals surface area contributed by atoms with E-state index in [2.05, 4.69) is 58.3 Å². The number of amides is 2. The summed E-state index contributed by atoms with van der Waals surface area (Å²) < 4.78 is 7.56. The van der Waals surface area contributed by atoms with Gasteiger partial charge in [-0.1, -0.05) is 37.3 Å². The Morgan fingerprint density at radius 2 is 1.61 bits per heavy atom. The fraction of sp³-hybridized carbons (Fsp3) is 0.571. The molecule has 5 saturated heterocycles. The molecule has 5 aliphatic heterocycles. The summed E-state index contributed by atoms with van der Waals surface area (Å²) in [6.07, 6.45) is 6.61. The number of aryl methyl sites for hydroxylation is 1. The van der Waals surface area contributed by atoms with Crippen molar-refractivity contribution in [1.82, 2.24) is 24.4 Å². The van der Waals surface area contributed by atoms with E-state index in [-0.39, 0.29) is 35.1 Å². The quantitative estimate of drug-likeness (QED) is 0.456. The molecule has 1 spiro atoms. The maximum absolute atomic E-state index is 13.8. The van der Waals surface area contributed by atoms with Gasteiger partial charge in [0.25, 0.3) is 5.91 Å². The zero-order valence-electron chi connectivity index (χ0n) is 26.7. The number of aliphatic carboxylic acids is 1. The number of anilines is 1. The Morgan fingerprint density at radius 1 is 0.891 bits per heavy atom. The number of pyridine rings is 1. The Hall–Kier alpha value is -3.99. The first-order valence-corrected chi connectivity index (χ1v) is 16.7. The first-order valence-electron chi connectivity index (χ1n) is 16.7. The summed E-state index contributed by atoms with van der Waals surface area (Å²) in [6.45, 7) is 8.84. The maximum Gasteiger partial charge on any atom is 0.335 e. The van der Waals surface area contributed by atoms with Crippen LogP contribution in [0.1, 0.15) is 73.6 Å². The van der Waals surface area contributed by atoms with E-state index in [1.807, 2.05) is 22.9 Å². The van der Waals surface area contributed by atoms with Gasteiger partial charge in [0.1, 0.15) is 0 Å². The fourth-order valence-electron chi connectivity index (χ4n) is 8.93. The normalized spacial score (nSPS) is 32.3. The van der Waals surface area contributed by atoms with Crippen LogP contribution in [0.15, 0.2) is 42.6 Å². The standard InChI is InChI=1S/C35H42N6O5/c1-24-18-26(38-15-12-32(2,20-38)25-6-4-3-5-7-25)19-41-28(24)36-27(37-41)29(42)39-16-13-33(21-39)14-17-40(22-33)30(43)34-8-10-35(11-9-34,31(44)45)46-23-34/h3-7,18-19H,8-17,20-23H2,1-2H3,(H,44,45)/t32-,33+,34?,35?/m0/s1. The second-order valence-corrected chi connectivity index (χ2v) is 15.0. The summed E-state index contributed by atoms with van der Waals surface area (Å²) in [5, 5.41) is 14.3. The predicted molar refractivity (Wildman–Crippen MR) is 170 cm³/mol.